The second kappa shape index (κ2) is 7.99. The van der Waals surface area contributed by atoms with Gasteiger partial charge in [0.1, 0.15) is 0 Å². The van der Waals surface area contributed by atoms with Gasteiger partial charge in [-0.1, -0.05) is 29.8 Å². The van der Waals surface area contributed by atoms with Crippen molar-refractivity contribution in [3.63, 3.8) is 0 Å². The fourth-order valence-corrected chi connectivity index (χ4v) is 3.01. The van der Waals surface area contributed by atoms with Crippen LogP contribution < -0.4 is 0 Å². The van der Waals surface area contributed by atoms with E-state index in [9.17, 15) is 4.79 Å². The number of nitrogens with zero attached hydrogens (tertiary/aromatic N) is 2. The molecule has 2 heterocycles. The summed E-state index contributed by atoms with van der Waals surface area (Å²) in [4.78, 5) is 14.7. The van der Waals surface area contributed by atoms with Crippen molar-refractivity contribution >= 4 is 28.5 Å². The van der Waals surface area contributed by atoms with Crippen LogP contribution in [0.1, 0.15) is 24.8 Å². The number of aliphatic carboxylic acids is 1. The molecular weight excluding hydrogens is 336 g/mol. The Morgan fingerprint density at radius 3 is 2.92 bits per heavy atom. The molecular formula is C20H19ClN2O2. The molecule has 1 aromatic carbocycles. The summed E-state index contributed by atoms with van der Waals surface area (Å²) in [7, 11) is 0. The number of aromatic nitrogens is 2. The predicted octanol–water partition coefficient (Wildman–Crippen LogP) is 5.03. The van der Waals surface area contributed by atoms with E-state index >= 15 is 0 Å². The van der Waals surface area contributed by atoms with Gasteiger partial charge in [0.15, 0.2) is 0 Å². The third-order valence-electron chi connectivity index (χ3n) is 4.04. The maximum atomic E-state index is 10.5. The largest absolute Gasteiger partial charge is 0.481 e. The molecule has 128 valence electrons. The molecule has 0 spiro atoms. The number of carboxylic acids is 1. The first-order valence-corrected chi connectivity index (χ1v) is 8.59. The maximum absolute atomic E-state index is 10.5. The Morgan fingerprint density at radius 2 is 2.16 bits per heavy atom. The molecule has 0 amide bonds. The van der Waals surface area contributed by atoms with E-state index < -0.39 is 5.97 Å². The lowest BCUT2D eigenvalue weighted by Crippen LogP contribution is -1.92. The van der Waals surface area contributed by atoms with E-state index in [0.29, 0.717) is 11.4 Å². The minimum absolute atomic E-state index is 0.211. The molecule has 0 aliphatic rings. The fourth-order valence-electron chi connectivity index (χ4n) is 2.84. The molecule has 0 unspecified atom stereocenters. The molecule has 5 heteroatoms. The van der Waals surface area contributed by atoms with Crippen LogP contribution in [0.25, 0.3) is 16.6 Å². The van der Waals surface area contributed by atoms with Crippen LogP contribution in [0.5, 0.6) is 0 Å². The summed E-state index contributed by atoms with van der Waals surface area (Å²) < 4.78 is 2.10. The van der Waals surface area contributed by atoms with Crippen LogP contribution >= 0.6 is 11.6 Å². The van der Waals surface area contributed by atoms with Gasteiger partial charge in [0.05, 0.1) is 17.4 Å². The lowest BCUT2D eigenvalue weighted by molar-refractivity contribution is -0.137. The summed E-state index contributed by atoms with van der Waals surface area (Å²) in [5.41, 5.74) is 3.24. The summed E-state index contributed by atoms with van der Waals surface area (Å²) in [6.45, 7) is 0. The molecule has 2 aromatic heterocycles. The van der Waals surface area contributed by atoms with Crippen LogP contribution in [0.3, 0.4) is 0 Å². The highest BCUT2D eigenvalue weighted by atomic mass is 35.5. The summed E-state index contributed by atoms with van der Waals surface area (Å²) in [6, 6.07) is 9.83. The third-order valence-corrected chi connectivity index (χ3v) is 4.28. The molecule has 0 atom stereocenters. The van der Waals surface area contributed by atoms with Crippen LogP contribution in [-0.2, 0) is 11.2 Å². The Labute approximate surface area is 151 Å². The summed E-state index contributed by atoms with van der Waals surface area (Å²) >= 11 is 6.18. The zero-order valence-corrected chi connectivity index (χ0v) is 14.5. The van der Waals surface area contributed by atoms with Gasteiger partial charge >= 0.3 is 5.97 Å². The molecule has 0 saturated carbocycles. The first-order valence-electron chi connectivity index (χ1n) is 8.22. The maximum Gasteiger partial charge on any atom is 0.303 e. The standard InChI is InChI=1S/C20H19ClN2O2/c21-16-9-10-18-15(6-3-1-2-4-8-20(24)25)14-23(19(18)12-16)17-7-5-11-22-13-17/h1,3,5,7,9-14H,2,4,6,8H2,(H,24,25)/b3-1+. The number of fused-ring (bicyclic) bond motifs is 1. The van der Waals surface area contributed by atoms with E-state index in [1.54, 1.807) is 6.20 Å². The molecule has 0 saturated heterocycles. The molecule has 3 aromatic rings. The lowest BCUT2D eigenvalue weighted by atomic mass is 10.1. The van der Waals surface area contributed by atoms with Gasteiger partial charge < -0.3 is 9.67 Å². The van der Waals surface area contributed by atoms with Crippen molar-refractivity contribution in [2.75, 3.05) is 0 Å². The van der Waals surface area contributed by atoms with Crippen molar-refractivity contribution in [3.05, 3.63) is 71.7 Å². The summed E-state index contributed by atoms with van der Waals surface area (Å²) in [5, 5.41) is 10.5. The second-order valence-electron chi connectivity index (χ2n) is 5.86. The van der Waals surface area contributed by atoms with Gasteiger partial charge in [-0.3, -0.25) is 9.78 Å². The van der Waals surface area contributed by atoms with Gasteiger partial charge in [-0.05, 0) is 49.1 Å². The van der Waals surface area contributed by atoms with Crippen molar-refractivity contribution in [2.24, 2.45) is 0 Å². The lowest BCUT2D eigenvalue weighted by Gasteiger charge is -2.04. The molecule has 0 fully saturated rings. The zero-order valence-electron chi connectivity index (χ0n) is 13.7. The first kappa shape index (κ1) is 17.2. The Bertz CT molecular complexity index is 901. The minimum atomic E-state index is -0.746. The first-order chi connectivity index (χ1) is 12.1. The van der Waals surface area contributed by atoms with Gasteiger partial charge in [-0.2, -0.15) is 0 Å². The Morgan fingerprint density at radius 1 is 1.28 bits per heavy atom. The number of allylic oxidation sites excluding steroid dienone is 2. The number of rotatable bonds is 7. The average molecular weight is 355 g/mol. The highest BCUT2D eigenvalue weighted by Crippen LogP contribution is 2.28. The Kier molecular flexibility index (Phi) is 5.51. The van der Waals surface area contributed by atoms with Gasteiger partial charge in [-0.25, -0.2) is 0 Å². The van der Waals surface area contributed by atoms with Crippen LogP contribution in [0, 0.1) is 0 Å². The minimum Gasteiger partial charge on any atom is -0.481 e. The van der Waals surface area contributed by atoms with Crippen LogP contribution in [0.4, 0.5) is 0 Å². The van der Waals surface area contributed by atoms with E-state index in [1.807, 2.05) is 42.6 Å². The zero-order chi connectivity index (χ0) is 17.6. The topological polar surface area (TPSA) is 55.1 Å². The molecule has 0 radical (unpaired) electrons. The van der Waals surface area contributed by atoms with Crippen molar-refractivity contribution < 1.29 is 9.90 Å². The molecule has 0 bridgehead atoms. The van der Waals surface area contributed by atoms with Crippen molar-refractivity contribution in [1.82, 2.24) is 9.55 Å². The smallest absolute Gasteiger partial charge is 0.303 e. The Hall–Kier alpha value is -2.59. The molecule has 4 nitrogen and oxygen atoms in total. The number of hydrogen-bond donors (Lipinski definition) is 1. The number of unbranched alkanes of at least 4 members (excludes halogenated alkanes) is 1. The van der Waals surface area contributed by atoms with E-state index in [1.165, 1.54) is 5.56 Å². The molecule has 25 heavy (non-hydrogen) atoms. The van der Waals surface area contributed by atoms with Gasteiger partial charge in [0.25, 0.3) is 0 Å². The number of halogens is 1. The predicted molar refractivity (Wildman–Crippen MR) is 100 cm³/mol. The number of hydrogen-bond acceptors (Lipinski definition) is 2. The normalized spacial score (nSPS) is 11.4. The highest BCUT2D eigenvalue weighted by molar-refractivity contribution is 6.31. The van der Waals surface area contributed by atoms with E-state index in [4.69, 9.17) is 16.7 Å². The SMILES string of the molecule is O=C(O)CCC/C=C/Cc1cn(-c2cccnc2)c2cc(Cl)ccc12. The molecule has 0 aliphatic heterocycles. The molecule has 1 N–H and O–H groups in total. The van der Waals surface area contributed by atoms with E-state index in [0.717, 1.165) is 29.4 Å². The number of carbonyl (C=O) groups is 1. The molecule has 0 aliphatic carbocycles. The number of carboxylic acid groups (broad SMARTS) is 1. The quantitative estimate of drug-likeness (QED) is 0.478. The third kappa shape index (κ3) is 4.28. The summed E-state index contributed by atoms with van der Waals surface area (Å²) in [5.74, 6) is -0.746. The fraction of sp³-hybridized carbons (Fsp3) is 0.200. The van der Waals surface area contributed by atoms with E-state index in [-0.39, 0.29) is 6.42 Å². The molecule has 3 rings (SSSR count). The monoisotopic (exact) mass is 354 g/mol. The average Bonchev–Trinajstić information content (AvgIpc) is 2.96. The second-order valence-corrected chi connectivity index (χ2v) is 6.29. The van der Waals surface area contributed by atoms with Crippen LogP contribution in [0.15, 0.2) is 61.1 Å². The van der Waals surface area contributed by atoms with Crippen molar-refractivity contribution in [2.45, 2.75) is 25.7 Å². The number of benzene rings is 1. The van der Waals surface area contributed by atoms with Crippen molar-refractivity contribution in [1.29, 1.82) is 0 Å². The van der Waals surface area contributed by atoms with Gasteiger partial charge in [0, 0.05) is 29.2 Å². The number of pyridine rings is 1. The van der Waals surface area contributed by atoms with E-state index in [2.05, 4.69) is 21.8 Å². The van der Waals surface area contributed by atoms with Crippen LogP contribution in [-0.4, -0.2) is 20.6 Å². The summed E-state index contributed by atoms with van der Waals surface area (Å²) in [6.07, 6.45) is 12.3. The van der Waals surface area contributed by atoms with Gasteiger partial charge in [0.2, 0.25) is 0 Å². The highest BCUT2D eigenvalue weighted by Gasteiger charge is 2.09. The van der Waals surface area contributed by atoms with Crippen molar-refractivity contribution in [3.8, 4) is 5.69 Å². The Balaban J connectivity index is 1.84. The van der Waals surface area contributed by atoms with Crippen LogP contribution in [0.2, 0.25) is 5.02 Å². The van der Waals surface area contributed by atoms with Gasteiger partial charge in [-0.15, -0.1) is 0 Å².